The maximum atomic E-state index is 5.14. The molecule has 8 rings (SSSR count). The fourth-order valence-corrected chi connectivity index (χ4v) is 5.86. The average Bonchev–Trinajstić information content (AvgIpc) is 3.57. The zero-order chi connectivity index (χ0) is 30.0. The zero-order valence-corrected chi connectivity index (χ0v) is 24.3. The second-order valence-corrected chi connectivity index (χ2v) is 10.9. The number of nitrogens with zero attached hydrogens (tertiary/aromatic N) is 5. The Morgan fingerprint density at radius 1 is 0.356 bits per heavy atom. The number of para-hydroxylation sites is 1. The number of benzene rings is 5. The van der Waals surface area contributed by atoms with E-state index < -0.39 is 0 Å². The molecule has 0 spiro atoms. The van der Waals surface area contributed by atoms with E-state index in [2.05, 4.69) is 113 Å². The van der Waals surface area contributed by atoms with Crippen LogP contribution in [0.2, 0.25) is 0 Å². The molecule has 3 aromatic heterocycles. The first-order valence-electron chi connectivity index (χ1n) is 14.9. The third kappa shape index (κ3) is 5.17. The smallest absolute Gasteiger partial charge is 0.121 e. The van der Waals surface area contributed by atoms with Gasteiger partial charge in [0.25, 0.3) is 0 Å². The minimum atomic E-state index is 0.828. The molecule has 0 amide bonds. The molecule has 0 N–H and O–H groups in total. The van der Waals surface area contributed by atoms with Crippen molar-refractivity contribution in [1.82, 2.24) is 25.0 Å². The van der Waals surface area contributed by atoms with Gasteiger partial charge in [0.05, 0.1) is 5.69 Å². The van der Waals surface area contributed by atoms with E-state index in [9.17, 15) is 0 Å². The number of fused-ring (bicyclic) bond motifs is 1. The van der Waals surface area contributed by atoms with Gasteiger partial charge in [-0.05, 0) is 99.1 Å². The molecule has 5 heteroatoms. The third-order valence-corrected chi connectivity index (χ3v) is 8.09. The summed E-state index contributed by atoms with van der Waals surface area (Å²) in [6.45, 7) is 0. The van der Waals surface area contributed by atoms with Crippen molar-refractivity contribution in [3.63, 3.8) is 0 Å². The summed E-state index contributed by atoms with van der Waals surface area (Å²) in [5.41, 5.74) is 13.6. The van der Waals surface area contributed by atoms with Gasteiger partial charge in [-0.3, -0.25) is 9.97 Å². The lowest BCUT2D eigenvalue weighted by molar-refractivity contribution is 0.767. The van der Waals surface area contributed by atoms with Gasteiger partial charge < -0.3 is 0 Å². The number of hydrogen-bond donors (Lipinski definition) is 0. The van der Waals surface area contributed by atoms with Crippen molar-refractivity contribution in [2.24, 2.45) is 0 Å². The van der Waals surface area contributed by atoms with Gasteiger partial charge in [0.1, 0.15) is 11.0 Å². The van der Waals surface area contributed by atoms with Crippen LogP contribution in [0, 0.1) is 0 Å². The second-order valence-electron chi connectivity index (χ2n) is 10.9. The minimum Gasteiger partial charge on any atom is -0.265 e. The molecule has 3 heterocycles. The molecule has 0 bridgehead atoms. The fourth-order valence-electron chi connectivity index (χ4n) is 5.86. The summed E-state index contributed by atoms with van der Waals surface area (Å²) >= 11 is 0. The van der Waals surface area contributed by atoms with E-state index in [4.69, 9.17) is 10.2 Å². The van der Waals surface area contributed by atoms with Gasteiger partial charge in [0.15, 0.2) is 0 Å². The molecular formula is C40H27N5. The van der Waals surface area contributed by atoms with Gasteiger partial charge in [0, 0.05) is 35.9 Å². The highest BCUT2D eigenvalue weighted by atomic mass is 15.5. The Balaban J connectivity index is 1.33. The van der Waals surface area contributed by atoms with E-state index in [0.29, 0.717) is 0 Å². The monoisotopic (exact) mass is 577 g/mol. The van der Waals surface area contributed by atoms with Crippen LogP contribution in [0.15, 0.2) is 164 Å². The van der Waals surface area contributed by atoms with Crippen molar-refractivity contribution >= 4 is 11.0 Å². The Kier molecular flexibility index (Phi) is 6.74. The quantitative estimate of drug-likeness (QED) is 0.197. The summed E-state index contributed by atoms with van der Waals surface area (Å²) in [5.74, 6) is 0. The van der Waals surface area contributed by atoms with Crippen LogP contribution in [-0.4, -0.2) is 25.0 Å². The summed E-state index contributed by atoms with van der Waals surface area (Å²) in [4.78, 5) is 10.2. The summed E-state index contributed by atoms with van der Waals surface area (Å²) in [6.07, 6.45) is 7.31. The van der Waals surface area contributed by atoms with Gasteiger partial charge in [0.2, 0.25) is 0 Å². The first-order chi connectivity index (χ1) is 22.3. The second kappa shape index (κ2) is 11.5. The molecule has 5 aromatic carbocycles. The molecule has 0 aliphatic heterocycles. The van der Waals surface area contributed by atoms with Crippen LogP contribution >= 0.6 is 0 Å². The molecule has 8 aromatic rings. The predicted molar refractivity (Wildman–Crippen MR) is 182 cm³/mol. The van der Waals surface area contributed by atoms with Crippen LogP contribution in [-0.2, 0) is 0 Å². The molecule has 0 fully saturated rings. The van der Waals surface area contributed by atoms with Crippen molar-refractivity contribution in [3.8, 4) is 61.3 Å². The summed E-state index contributed by atoms with van der Waals surface area (Å²) in [7, 11) is 0. The SMILES string of the molecule is c1ccc(-c2ccccc2-n2nc3cc(-c4cccc(-c5ccncc5)c4)cc(-c4cccc(-c5ccncc5)c4)c3n2)cc1. The van der Waals surface area contributed by atoms with E-state index in [-0.39, 0.29) is 0 Å². The predicted octanol–water partition coefficient (Wildman–Crippen LogP) is 9.55. The molecule has 0 saturated carbocycles. The normalized spacial score (nSPS) is 11.1. The molecule has 0 unspecified atom stereocenters. The number of rotatable bonds is 6. The Hall–Kier alpha value is -6.20. The highest BCUT2D eigenvalue weighted by molar-refractivity contribution is 5.96. The van der Waals surface area contributed by atoms with Crippen molar-refractivity contribution < 1.29 is 0 Å². The molecular weight excluding hydrogens is 550 g/mol. The van der Waals surface area contributed by atoms with Crippen molar-refractivity contribution in [2.45, 2.75) is 0 Å². The van der Waals surface area contributed by atoms with Crippen LogP contribution in [0.5, 0.6) is 0 Å². The maximum absolute atomic E-state index is 5.14. The van der Waals surface area contributed by atoms with E-state index in [0.717, 1.165) is 72.4 Å². The van der Waals surface area contributed by atoms with Crippen LogP contribution < -0.4 is 0 Å². The van der Waals surface area contributed by atoms with E-state index in [1.54, 1.807) is 4.80 Å². The van der Waals surface area contributed by atoms with Crippen molar-refractivity contribution in [1.29, 1.82) is 0 Å². The first kappa shape index (κ1) is 26.4. The van der Waals surface area contributed by atoms with Crippen LogP contribution in [0.1, 0.15) is 0 Å². The van der Waals surface area contributed by atoms with Gasteiger partial charge in [-0.1, -0.05) is 84.9 Å². The van der Waals surface area contributed by atoms with Crippen LogP contribution in [0.4, 0.5) is 0 Å². The Morgan fingerprint density at radius 3 is 1.60 bits per heavy atom. The maximum Gasteiger partial charge on any atom is 0.121 e. The molecule has 5 nitrogen and oxygen atoms in total. The highest BCUT2D eigenvalue weighted by Gasteiger charge is 2.17. The standard InChI is InChI=1S/C40H27N5/c1-2-8-30(9-3-1)36-14-4-5-15-39(36)45-43-38-27-35(33-12-6-10-31(24-33)28-16-20-41-21-17-28)26-37(40(38)44-45)34-13-7-11-32(25-34)29-18-22-42-23-19-29/h1-27H. The van der Waals surface area contributed by atoms with Gasteiger partial charge >= 0.3 is 0 Å². The first-order valence-corrected chi connectivity index (χ1v) is 14.9. The molecule has 0 atom stereocenters. The Labute approximate surface area is 261 Å². The molecule has 212 valence electrons. The van der Waals surface area contributed by atoms with Crippen molar-refractivity contribution in [2.75, 3.05) is 0 Å². The topological polar surface area (TPSA) is 56.5 Å². The summed E-state index contributed by atoms with van der Waals surface area (Å²) in [5, 5.41) is 10.2. The highest BCUT2D eigenvalue weighted by Crippen LogP contribution is 2.36. The molecule has 0 saturated heterocycles. The Morgan fingerprint density at radius 2 is 0.911 bits per heavy atom. The lowest BCUT2D eigenvalue weighted by Crippen LogP contribution is -2.00. The lowest BCUT2D eigenvalue weighted by atomic mass is 9.94. The van der Waals surface area contributed by atoms with Gasteiger partial charge in [-0.2, -0.15) is 0 Å². The number of aromatic nitrogens is 5. The summed E-state index contributed by atoms with van der Waals surface area (Å²) < 4.78 is 0. The minimum absolute atomic E-state index is 0.828. The number of pyridine rings is 2. The van der Waals surface area contributed by atoms with Crippen molar-refractivity contribution in [3.05, 3.63) is 164 Å². The van der Waals surface area contributed by atoms with E-state index >= 15 is 0 Å². The van der Waals surface area contributed by atoms with Gasteiger partial charge in [-0.25, -0.2) is 0 Å². The fraction of sp³-hybridized carbons (Fsp3) is 0. The lowest BCUT2D eigenvalue weighted by Gasteiger charge is -2.10. The zero-order valence-electron chi connectivity index (χ0n) is 24.3. The third-order valence-electron chi connectivity index (χ3n) is 8.09. The Bertz CT molecular complexity index is 2260. The van der Waals surface area contributed by atoms with Crippen LogP contribution in [0.3, 0.4) is 0 Å². The van der Waals surface area contributed by atoms with Crippen LogP contribution in [0.25, 0.3) is 72.4 Å². The van der Waals surface area contributed by atoms with E-state index in [1.807, 2.05) is 61.2 Å². The number of hydrogen-bond acceptors (Lipinski definition) is 4. The summed E-state index contributed by atoms with van der Waals surface area (Å²) in [6, 6.07) is 48.4. The van der Waals surface area contributed by atoms with E-state index in [1.165, 1.54) is 0 Å². The molecule has 0 radical (unpaired) electrons. The van der Waals surface area contributed by atoms with Gasteiger partial charge in [-0.15, -0.1) is 15.0 Å². The average molecular weight is 578 g/mol. The molecule has 45 heavy (non-hydrogen) atoms. The molecule has 0 aliphatic rings. The largest absolute Gasteiger partial charge is 0.265 e. The molecule has 0 aliphatic carbocycles.